The van der Waals surface area contributed by atoms with Gasteiger partial charge in [-0.1, -0.05) is 41.4 Å². The van der Waals surface area contributed by atoms with E-state index in [2.05, 4.69) is 11.1 Å². The number of hydrogen-bond donors (Lipinski definition) is 0. The van der Waals surface area contributed by atoms with Gasteiger partial charge in [0.25, 0.3) is 5.56 Å². The highest BCUT2D eigenvalue weighted by Crippen LogP contribution is 2.18. The molecule has 2 aromatic heterocycles. The first-order chi connectivity index (χ1) is 15.5. The second-order valence-corrected chi connectivity index (χ2v) is 8.62. The lowest BCUT2D eigenvalue weighted by atomic mass is 10.1. The first kappa shape index (κ1) is 20.7. The van der Waals surface area contributed by atoms with Crippen molar-refractivity contribution in [2.45, 2.75) is 39.0 Å². The maximum Gasteiger partial charge on any atom is 0.337 e. The Morgan fingerprint density at radius 1 is 1.16 bits per heavy atom. The summed E-state index contributed by atoms with van der Waals surface area (Å²) in [5.41, 5.74) is 2.74. The fourth-order valence-corrected chi connectivity index (χ4v) is 4.41. The maximum atomic E-state index is 13.5. The quantitative estimate of drug-likeness (QED) is 0.466. The van der Waals surface area contributed by atoms with Crippen molar-refractivity contribution in [1.82, 2.24) is 18.7 Å². The molecule has 1 aliphatic rings. The van der Waals surface area contributed by atoms with Crippen LogP contribution in [-0.4, -0.2) is 31.4 Å². The number of imidazole rings is 1. The van der Waals surface area contributed by atoms with Gasteiger partial charge in [-0.25, -0.2) is 14.3 Å². The second kappa shape index (κ2) is 8.41. The van der Waals surface area contributed by atoms with Crippen LogP contribution in [0.2, 0.25) is 5.02 Å². The van der Waals surface area contributed by atoms with Crippen LogP contribution in [0.3, 0.4) is 0 Å². The molecule has 1 fully saturated rings. The van der Waals surface area contributed by atoms with Gasteiger partial charge in [0.2, 0.25) is 0 Å². The smallest absolute Gasteiger partial charge is 0.337 e. The topological polar surface area (TPSA) is 71.1 Å². The Balaban J connectivity index is 1.72. The largest absolute Gasteiger partial charge is 0.376 e. The minimum Gasteiger partial charge on any atom is -0.376 e. The van der Waals surface area contributed by atoms with Crippen LogP contribution in [-0.2, 0) is 17.8 Å². The minimum absolute atomic E-state index is 0.148. The van der Waals surface area contributed by atoms with Crippen LogP contribution in [0.4, 0.5) is 0 Å². The van der Waals surface area contributed by atoms with Gasteiger partial charge in [-0.3, -0.25) is 9.36 Å². The van der Waals surface area contributed by atoms with E-state index in [4.69, 9.17) is 16.3 Å². The lowest BCUT2D eigenvalue weighted by molar-refractivity contribution is 0.0950. The molecule has 7 nitrogen and oxygen atoms in total. The van der Waals surface area contributed by atoms with Crippen LogP contribution < -0.4 is 11.2 Å². The Morgan fingerprint density at radius 2 is 1.97 bits per heavy atom. The van der Waals surface area contributed by atoms with Gasteiger partial charge in [-0.15, -0.1) is 0 Å². The van der Waals surface area contributed by atoms with E-state index in [1.807, 2.05) is 29.7 Å². The summed E-state index contributed by atoms with van der Waals surface area (Å²) >= 11 is 6.06. The molecule has 0 radical (unpaired) electrons. The van der Waals surface area contributed by atoms with Crippen molar-refractivity contribution in [3.8, 4) is 5.69 Å². The molecule has 0 saturated carbocycles. The molecule has 5 rings (SSSR count). The zero-order valence-electron chi connectivity index (χ0n) is 17.7. The molecule has 0 N–H and O–H groups in total. The van der Waals surface area contributed by atoms with Gasteiger partial charge in [0.15, 0.2) is 11.2 Å². The third kappa shape index (κ3) is 3.78. The number of aryl methyl sites for hydroxylation is 1. The van der Waals surface area contributed by atoms with E-state index in [0.29, 0.717) is 35.0 Å². The molecule has 8 heteroatoms. The highest BCUT2D eigenvalue weighted by molar-refractivity contribution is 6.30. The molecule has 1 saturated heterocycles. The molecule has 4 aromatic rings. The summed E-state index contributed by atoms with van der Waals surface area (Å²) in [5.74, 6) is 0. The Bertz CT molecular complexity index is 1400. The Hall–Kier alpha value is -3.16. The number of fused-ring (bicyclic) bond motifs is 1. The lowest BCUT2D eigenvalue weighted by Gasteiger charge is -2.15. The van der Waals surface area contributed by atoms with Crippen molar-refractivity contribution < 1.29 is 4.74 Å². The fraction of sp³-hybridized carbons (Fsp3) is 0.292. The van der Waals surface area contributed by atoms with E-state index in [1.165, 1.54) is 9.13 Å². The number of halogens is 1. The summed E-state index contributed by atoms with van der Waals surface area (Å²) in [6.45, 7) is 3.38. The second-order valence-electron chi connectivity index (χ2n) is 8.18. The standard InChI is InChI=1S/C24H23ClN4O3/c1-16-4-2-5-17(12-16)13-27-15-26-22-21(27)23(30)28(14-20-6-3-11-32-20)24(31)29(22)19-9-7-18(25)8-10-19/h2,4-5,7-10,12,15,20H,3,6,11,13-14H2,1H3/t20-/m1/s1. The maximum absolute atomic E-state index is 13.5. The normalized spacial score (nSPS) is 16.1. The van der Waals surface area contributed by atoms with Gasteiger partial charge in [-0.05, 0) is 49.6 Å². The van der Waals surface area contributed by atoms with Gasteiger partial charge >= 0.3 is 5.69 Å². The van der Waals surface area contributed by atoms with Crippen molar-refractivity contribution in [3.05, 3.63) is 91.8 Å². The molecule has 2 aromatic carbocycles. The molecular weight excluding hydrogens is 428 g/mol. The number of aromatic nitrogens is 4. The van der Waals surface area contributed by atoms with Crippen molar-refractivity contribution in [3.63, 3.8) is 0 Å². The van der Waals surface area contributed by atoms with E-state index >= 15 is 0 Å². The first-order valence-corrected chi connectivity index (χ1v) is 11.0. The van der Waals surface area contributed by atoms with E-state index in [-0.39, 0.29) is 18.2 Å². The number of benzene rings is 2. The highest BCUT2D eigenvalue weighted by atomic mass is 35.5. The zero-order valence-corrected chi connectivity index (χ0v) is 18.5. The van der Waals surface area contributed by atoms with E-state index in [1.54, 1.807) is 30.6 Å². The van der Waals surface area contributed by atoms with Gasteiger partial charge < -0.3 is 9.30 Å². The summed E-state index contributed by atoms with van der Waals surface area (Å²) in [5, 5.41) is 0.565. The summed E-state index contributed by atoms with van der Waals surface area (Å²) in [6.07, 6.45) is 3.23. The summed E-state index contributed by atoms with van der Waals surface area (Å²) < 4.78 is 10.3. The molecule has 3 heterocycles. The zero-order chi connectivity index (χ0) is 22.2. The van der Waals surface area contributed by atoms with Gasteiger partial charge in [0.05, 0.1) is 24.7 Å². The van der Waals surface area contributed by atoms with Crippen molar-refractivity contribution in [2.75, 3.05) is 6.61 Å². The molecule has 0 unspecified atom stereocenters. The number of ether oxygens (including phenoxy) is 1. The van der Waals surface area contributed by atoms with E-state index in [9.17, 15) is 9.59 Å². The summed E-state index contributed by atoms with van der Waals surface area (Å²) in [4.78, 5) is 31.5. The van der Waals surface area contributed by atoms with Crippen LogP contribution in [0.15, 0.2) is 64.4 Å². The van der Waals surface area contributed by atoms with Crippen molar-refractivity contribution in [1.29, 1.82) is 0 Å². The Morgan fingerprint density at radius 3 is 2.69 bits per heavy atom. The molecule has 0 aliphatic carbocycles. The average molecular weight is 451 g/mol. The third-order valence-corrected chi connectivity index (χ3v) is 6.08. The monoisotopic (exact) mass is 450 g/mol. The van der Waals surface area contributed by atoms with E-state index < -0.39 is 5.69 Å². The first-order valence-electron chi connectivity index (χ1n) is 10.6. The molecular formula is C24H23ClN4O3. The lowest BCUT2D eigenvalue weighted by Crippen LogP contribution is -2.42. The molecule has 0 amide bonds. The predicted molar refractivity (Wildman–Crippen MR) is 124 cm³/mol. The van der Waals surface area contributed by atoms with E-state index in [0.717, 1.165) is 24.0 Å². The van der Waals surface area contributed by atoms with Crippen LogP contribution in [0, 0.1) is 6.92 Å². The van der Waals surface area contributed by atoms with Crippen molar-refractivity contribution in [2.24, 2.45) is 0 Å². The van der Waals surface area contributed by atoms with Crippen LogP contribution in [0.5, 0.6) is 0 Å². The average Bonchev–Trinajstić information content (AvgIpc) is 3.43. The Labute approximate surface area is 189 Å². The summed E-state index contributed by atoms with van der Waals surface area (Å²) in [6, 6.07) is 15.0. The number of nitrogens with zero attached hydrogens (tertiary/aromatic N) is 4. The van der Waals surface area contributed by atoms with Crippen LogP contribution >= 0.6 is 11.6 Å². The molecule has 164 valence electrons. The number of rotatable bonds is 5. The van der Waals surface area contributed by atoms with Gasteiger partial charge in [0, 0.05) is 18.2 Å². The Kier molecular flexibility index (Phi) is 5.45. The highest BCUT2D eigenvalue weighted by Gasteiger charge is 2.23. The molecule has 0 bridgehead atoms. The van der Waals surface area contributed by atoms with Gasteiger partial charge in [0.1, 0.15) is 0 Å². The SMILES string of the molecule is Cc1cccc(Cn2cnc3c2c(=O)n(C[C@H]2CCCO2)c(=O)n3-c2ccc(Cl)cc2)c1. The van der Waals surface area contributed by atoms with Crippen LogP contribution in [0.25, 0.3) is 16.9 Å². The predicted octanol–water partition coefficient (Wildman–Crippen LogP) is 3.54. The minimum atomic E-state index is -0.430. The summed E-state index contributed by atoms with van der Waals surface area (Å²) in [7, 11) is 0. The van der Waals surface area contributed by atoms with Gasteiger partial charge in [-0.2, -0.15) is 0 Å². The molecule has 1 aliphatic heterocycles. The van der Waals surface area contributed by atoms with Crippen molar-refractivity contribution >= 4 is 22.8 Å². The third-order valence-electron chi connectivity index (χ3n) is 5.83. The fourth-order valence-electron chi connectivity index (χ4n) is 4.28. The molecule has 0 spiro atoms. The number of hydrogen-bond acceptors (Lipinski definition) is 4. The molecule has 1 atom stereocenters. The van der Waals surface area contributed by atoms with Crippen LogP contribution in [0.1, 0.15) is 24.0 Å². The molecule has 32 heavy (non-hydrogen) atoms.